The standard InChI is InChI=1S/C12H17.C10H13.C9H11.C7H9.C5H7.C3H5.6Y/c1-5-6-11-7-10(2)8-12(3,4)9-11;1-3-9-6-5-7-10(4-2)8-9;1-3-8-5-6-9(4-2)7-8;1-3-5-7-6-4-2;1-3-5-4-2;1-3-2;;;;;;/h5-6H,2,8-9H2,1,3-4H3;3-4H,1,5-7H2,2H3;3-4H,1,5-6H2,2H3;3-6H,1H2,2H3;3-4H,1H2,2H3;1H2,2H3;;;;;;/q6*-1;;;;;;/b6-5+;10-4+;9-4+;6-4+;;;;;;;;. The van der Waals surface area contributed by atoms with Gasteiger partial charge in [-0.2, -0.15) is 152 Å². The van der Waals surface area contributed by atoms with Crippen LogP contribution in [0.15, 0.2) is 146 Å². The van der Waals surface area contributed by atoms with E-state index in [1.54, 1.807) is 25.2 Å². The summed E-state index contributed by atoms with van der Waals surface area (Å²) in [4.78, 5) is 0. The average molecular weight is 1150 g/mol. The third-order valence-corrected chi connectivity index (χ3v) is 6.22. The minimum absolute atomic E-state index is 0. The van der Waals surface area contributed by atoms with Gasteiger partial charge in [0.25, 0.3) is 0 Å². The van der Waals surface area contributed by atoms with E-state index < -0.39 is 0 Å². The Kier molecular flexibility index (Phi) is 81.1. The molecule has 0 spiro atoms. The van der Waals surface area contributed by atoms with Crippen LogP contribution in [0.4, 0.5) is 0 Å². The monoisotopic (exact) mass is 1150 g/mol. The first kappa shape index (κ1) is 75.5. The molecule has 0 aliphatic heterocycles. The number of rotatable bonds is 6. The predicted molar refractivity (Wildman–Crippen MR) is 209 cm³/mol. The molecule has 270 valence electrons. The fraction of sp³-hybridized carbons (Fsp3) is 0.348. The first-order chi connectivity index (χ1) is 22.0. The zero-order valence-electron chi connectivity index (χ0n) is 34.1. The molecule has 3 rings (SSSR count). The van der Waals surface area contributed by atoms with Gasteiger partial charge in [0.15, 0.2) is 0 Å². The molecule has 0 saturated heterocycles. The van der Waals surface area contributed by atoms with E-state index in [0.29, 0.717) is 5.41 Å². The molecule has 0 bridgehead atoms. The summed E-state index contributed by atoms with van der Waals surface area (Å²) in [6.07, 6.45) is 48.9. The van der Waals surface area contributed by atoms with E-state index in [2.05, 4.69) is 121 Å². The van der Waals surface area contributed by atoms with Crippen molar-refractivity contribution in [3.05, 3.63) is 182 Å². The Labute approximate surface area is 475 Å². The van der Waals surface area contributed by atoms with E-state index in [-0.39, 0.29) is 196 Å². The quantitative estimate of drug-likeness (QED) is 0.184. The SMILES string of the molecule is C=C1[C-]=C(/C=C/C)CC(C)(C)C1.C=CC1=[C-]/C(=C/C)CC1.C=CC1=[C-]/C(=C/C)CCC1.C=CC=[C-]/C=C/C.C=C[C-]=CC.C=[C-]C.[Y].[Y].[Y].[Y].[Y].[Y]. The van der Waals surface area contributed by atoms with Crippen molar-refractivity contribution in [1.82, 2.24) is 0 Å². The van der Waals surface area contributed by atoms with Crippen LogP contribution in [-0.4, -0.2) is 0 Å². The van der Waals surface area contributed by atoms with Gasteiger partial charge < -0.3 is 6.08 Å². The number of hydrogen-bond donors (Lipinski definition) is 0. The van der Waals surface area contributed by atoms with Crippen LogP contribution in [0.25, 0.3) is 0 Å². The first-order valence-electron chi connectivity index (χ1n) is 16.2. The van der Waals surface area contributed by atoms with E-state index >= 15 is 0 Å². The maximum Gasteiger partial charge on any atom is 0 e. The fourth-order valence-electron chi connectivity index (χ4n) is 4.25. The third kappa shape index (κ3) is 50.7. The van der Waals surface area contributed by atoms with Gasteiger partial charge in [0.2, 0.25) is 0 Å². The molecule has 0 N–H and O–H groups in total. The average Bonchev–Trinajstić information content (AvgIpc) is 3.51. The molecule has 6 radical (unpaired) electrons. The Bertz CT molecular complexity index is 1200. The van der Waals surface area contributed by atoms with Gasteiger partial charge in [0.1, 0.15) is 0 Å². The second-order valence-electron chi connectivity index (χ2n) is 11.0. The van der Waals surface area contributed by atoms with Gasteiger partial charge in [0.05, 0.1) is 0 Å². The molecule has 3 aliphatic rings. The van der Waals surface area contributed by atoms with Crippen LogP contribution >= 0.6 is 0 Å². The second kappa shape index (κ2) is 55.8. The molecule has 0 aromatic carbocycles. The summed E-state index contributed by atoms with van der Waals surface area (Å²) in [6, 6.07) is 0. The Morgan fingerprint density at radius 1 is 0.654 bits per heavy atom. The molecule has 52 heavy (non-hydrogen) atoms. The summed E-state index contributed by atoms with van der Waals surface area (Å²) in [5.41, 5.74) is 7.98. The van der Waals surface area contributed by atoms with Crippen LogP contribution in [0.5, 0.6) is 0 Å². The van der Waals surface area contributed by atoms with Crippen LogP contribution in [0, 0.1) is 41.9 Å². The van der Waals surface area contributed by atoms with Gasteiger partial charge >= 0.3 is 0 Å². The molecular formula is C46H62Y6-6. The summed E-state index contributed by atoms with van der Waals surface area (Å²) in [5.74, 6) is 0. The van der Waals surface area contributed by atoms with Crippen LogP contribution in [0.1, 0.15) is 100 Å². The summed E-state index contributed by atoms with van der Waals surface area (Å²) >= 11 is 0. The normalized spacial score (nSPS) is 16.1. The Morgan fingerprint density at radius 3 is 1.48 bits per heavy atom. The topological polar surface area (TPSA) is 0 Å². The molecule has 0 saturated carbocycles. The van der Waals surface area contributed by atoms with Crippen LogP contribution in [-0.2, 0) is 196 Å². The zero-order valence-corrected chi connectivity index (χ0v) is 51.1. The predicted octanol–water partition coefficient (Wildman–Crippen LogP) is 14.0. The smallest absolute Gasteiger partial charge is 0 e. The van der Waals surface area contributed by atoms with Crippen LogP contribution in [0.3, 0.4) is 0 Å². The Morgan fingerprint density at radius 2 is 1.15 bits per heavy atom. The van der Waals surface area contributed by atoms with Crippen molar-refractivity contribution in [2.75, 3.05) is 0 Å². The van der Waals surface area contributed by atoms with Gasteiger partial charge in [-0.15, -0.1) is 6.08 Å². The zero-order chi connectivity index (χ0) is 35.6. The molecule has 0 aromatic heterocycles. The van der Waals surface area contributed by atoms with Crippen molar-refractivity contribution in [1.29, 1.82) is 0 Å². The van der Waals surface area contributed by atoms with Crippen LogP contribution < -0.4 is 0 Å². The van der Waals surface area contributed by atoms with Gasteiger partial charge in [-0.1, -0.05) is 61.3 Å². The summed E-state index contributed by atoms with van der Waals surface area (Å²) in [6.45, 7) is 37.8. The molecule has 3 aliphatic carbocycles. The molecule has 6 heteroatoms. The van der Waals surface area contributed by atoms with E-state index in [4.69, 9.17) is 0 Å². The third-order valence-electron chi connectivity index (χ3n) is 6.22. The maximum atomic E-state index is 3.98. The number of hydrogen-bond acceptors (Lipinski definition) is 0. The Balaban J connectivity index is -0.0000000618. The molecule has 0 fully saturated rings. The largest absolute Gasteiger partial charge is 0.507 e. The fourth-order valence-corrected chi connectivity index (χ4v) is 4.25. The number of allylic oxidation sites excluding steroid dienone is 24. The molecule has 0 atom stereocenters. The van der Waals surface area contributed by atoms with Gasteiger partial charge in [-0.3, -0.25) is 12.7 Å². The molecule has 0 heterocycles. The van der Waals surface area contributed by atoms with Gasteiger partial charge in [-0.25, -0.2) is 12.7 Å². The van der Waals surface area contributed by atoms with Gasteiger partial charge in [-0.05, 0) is 37.5 Å². The van der Waals surface area contributed by atoms with E-state index in [9.17, 15) is 0 Å². The summed E-state index contributed by atoms with van der Waals surface area (Å²) < 4.78 is 0. The van der Waals surface area contributed by atoms with Crippen LogP contribution in [0.2, 0.25) is 0 Å². The maximum absolute atomic E-state index is 3.98. The van der Waals surface area contributed by atoms with Crippen molar-refractivity contribution in [3.63, 3.8) is 0 Å². The minimum Gasteiger partial charge on any atom is -0.507 e. The van der Waals surface area contributed by atoms with E-state index in [1.807, 2.05) is 58.1 Å². The van der Waals surface area contributed by atoms with Crippen molar-refractivity contribution in [3.8, 4) is 0 Å². The second-order valence-corrected chi connectivity index (χ2v) is 11.0. The van der Waals surface area contributed by atoms with Crippen molar-refractivity contribution in [2.45, 2.75) is 100 Å². The van der Waals surface area contributed by atoms with Crippen molar-refractivity contribution >= 4 is 0 Å². The summed E-state index contributed by atoms with van der Waals surface area (Å²) in [7, 11) is 0. The van der Waals surface area contributed by atoms with Crippen molar-refractivity contribution in [2.24, 2.45) is 5.41 Å². The molecule has 0 nitrogen and oxygen atoms in total. The van der Waals surface area contributed by atoms with E-state index in [1.165, 1.54) is 40.7 Å². The summed E-state index contributed by atoms with van der Waals surface area (Å²) in [5, 5.41) is 0. The molecule has 0 unspecified atom stereocenters. The van der Waals surface area contributed by atoms with Gasteiger partial charge in [0, 0.05) is 196 Å². The Hall–Kier alpha value is 2.72. The first-order valence-corrected chi connectivity index (χ1v) is 16.2. The minimum atomic E-state index is 0. The molecule has 0 amide bonds. The molecular weight excluding hydrogens is 1090 g/mol. The van der Waals surface area contributed by atoms with E-state index in [0.717, 1.165) is 37.7 Å². The van der Waals surface area contributed by atoms with Crippen molar-refractivity contribution < 1.29 is 196 Å². The molecule has 0 aromatic rings.